The Morgan fingerprint density at radius 3 is 1.89 bits per heavy atom. The minimum absolute atomic E-state index is 0.0791. The third-order valence-electron chi connectivity index (χ3n) is 15.5. The number of Topliss-reactive ketones (excluding diaryl/α,β-unsaturated/α-hetero) is 1. The van der Waals surface area contributed by atoms with Crippen LogP contribution in [0.1, 0.15) is 232 Å². The van der Waals surface area contributed by atoms with Crippen LogP contribution in [0, 0.1) is 50.3 Å². The summed E-state index contributed by atoms with van der Waals surface area (Å²) in [4.78, 5) is 45.1. The van der Waals surface area contributed by atoms with Crippen molar-refractivity contribution in [3.05, 3.63) is 88.0 Å². The van der Waals surface area contributed by atoms with E-state index in [2.05, 4.69) is 77.2 Å². The molecular weight excluding hydrogens is 994 g/mol. The van der Waals surface area contributed by atoms with Crippen LogP contribution in [-0.2, 0) is 16.6 Å². The minimum Gasteiger partial charge on any atom is -0.371 e. The van der Waals surface area contributed by atoms with Crippen molar-refractivity contribution in [3.8, 4) is 0 Å². The van der Waals surface area contributed by atoms with E-state index in [0.717, 1.165) is 109 Å². The number of anilines is 2. The number of allylic oxidation sites excluding steroid dienone is 1. The molecule has 1 fully saturated rings. The number of amides is 1. The van der Waals surface area contributed by atoms with Gasteiger partial charge < -0.3 is 14.3 Å². The first-order valence-corrected chi connectivity index (χ1v) is 30.4. The lowest BCUT2D eigenvalue weighted by molar-refractivity contribution is -0.497. The van der Waals surface area contributed by atoms with E-state index in [0.29, 0.717) is 36.8 Å². The zero-order valence-corrected chi connectivity index (χ0v) is 52.5. The fourth-order valence-electron chi connectivity index (χ4n) is 9.83. The second-order valence-corrected chi connectivity index (χ2v) is 21.9. The van der Waals surface area contributed by atoms with Gasteiger partial charge in [0.25, 0.3) is 5.91 Å². The lowest BCUT2D eigenvalue weighted by Gasteiger charge is -2.31. The molecule has 1 N–H and O–H groups in total. The molecule has 0 spiro atoms. The molecule has 3 atom stereocenters. The van der Waals surface area contributed by atoms with Gasteiger partial charge in [0, 0.05) is 68.7 Å². The molecule has 2 aliphatic rings. The number of imidazole rings is 1. The van der Waals surface area contributed by atoms with Crippen molar-refractivity contribution in [2.45, 2.75) is 226 Å². The molecule has 1 unspecified atom stereocenters. The Balaban J connectivity index is 0.000000689. The summed E-state index contributed by atoms with van der Waals surface area (Å²) in [5.41, 5.74) is 10.2. The first kappa shape index (κ1) is 71.9. The number of nitrogens with zero attached hydrogens (tertiary/aromatic N) is 5. The maximum Gasteiger partial charge on any atom is 0.258 e. The summed E-state index contributed by atoms with van der Waals surface area (Å²) in [6.07, 6.45) is 20.3. The van der Waals surface area contributed by atoms with Gasteiger partial charge in [0.05, 0.1) is 22.3 Å². The van der Waals surface area contributed by atoms with Crippen molar-refractivity contribution >= 4 is 51.9 Å². The molecule has 444 valence electrons. The van der Waals surface area contributed by atoms with E-state index in [1.807, 2.05) is 83.5 Å². The highest BCUT2D eigenvalue weighted by molar-refractivity contribution is 6.21. The smallest absolute Gasteiger partial charge is 0.258 e. The Bertz CT molecular complexity index is 2400. The van der Waals surface area contributed by atoms with Crippen LogP contribution in [0.2, 0.25) is 0 Å². The average molecular weight is 1100 g/mol. The fourth-order valence-corrected chi connectivity index (χ4v) is 9.83. The molecule has 6 rings (SSSR count). The molecule has 0 bridgehead atoms. The molecule has 1 amide bonds. The quantitative estimate of drug-likeness (QED) is 0.0622. The maximum absolute atomic E-state index is 14.0. The van der Waals surface area contributed by atoms with E-state index in [9.17, 15) is 22.8 Å². The van der Waals surface area contributed by atoms with E-state index in [-0.39, 0.29) is 23.6 Å². The molecule has 4 aromatic rings. The number of carbonyl (C=O) groups is 3. The van der Waals surface area contributed by atoms with Crippen molar-refractivity contribution in [2.75, 3.05) is 36.9 Å². The number of rotatable bonds is 22. The van der Waals surface area contributed by atoms with Crippen molar-refractivity contribution in [2.24, 2.45) is 30.7 Å². The van der Waals surface area contributed by atoms with Crippen molar-refractivity contribution in [1.82, 2.24) is 14.5 Å². The summed E-state index contributed by atoms with van der Waals surface area (Å²) < 4.78 is 44.5. The second kappa shape index (κ2) is 40.1. The molecule has 1 saturated carbocycles. The number of aromatic nitrogens is 3. The van der Waals surface area contributed by atoms with Crippen LogP contribution in [0.4, 0.5) is 24.8 Å². The highest BCUT2D eigenvalue weighted by Gasteiger charge is 2.29. The Hall–Kier alpha value is -5.13. The van der Waals surface area contributed by atoms with Crippen LogP contribution < -0.4 is 10.2 Å². The van der Waals surface area contributed by atoms with Crippen LogP contribution in [0.25, 0.3) is 16.6 Å². The summed E-state index contributed by atoms with van der Waals surface area (Å²) in [5.74, 6) is 0.959. The van der Waals surface area contributed by atoms with Crippen LogP contribution >= 0.6 is 0 Å². The number of benzene rings is 2. The fraction of sp³-hybridized carbons (Fsp3) is 0.642. The van der Waals surface area contributed by atoms with Crippen LogP contribution in [0.3, 0.4) is 0 Å². The van der Waals surface area contributed by atoms with Gasteiger partial charge in [-0.3, -0.25) is 19.9 Å². The zero-order chi connectivity index (χ0) is 59.6. The predicted molar refractivity (Wildman–Crippen MR) is 331 cm³/mol. The lowest BCUT2D eigenvalue weighted by Crippen LogP contribution is -2.36. The van der Waals surface area contributed by atoms with E-state index in [4.69, 9.17) is 14.8 Å². The van der Waals surface area contributed by atoms with Crippen LogP contribution in [-0.4, -0.2) is 75.9 Å². The number of aryl methyl sites for hydroxylation is 4. The van der Waals surface area contributed by atoms with E-state index in [1.54, 1.807) is 6.07 Å². The van der Waals surface area contributed by atoms with Crippen molar-refractivity contribution in [3.63, 3.8) is 0 Å². The monoisotopic (exact) mass is 1100 g/mol. The van der Waals surface area contributed by atoms with Gasteiger partial charge in [-0.05, 0) is 124 Å². The normalized spacial score (nSPS) is 14.1. The van der Waals surface area contributed by atoms with E-state index >= 15 is 0 Å². The van der Waals surface area contributed by atoms with Gasteiger partial charge in [0.2, 0.25) is 12.4 Å². The number of ketones is 1. The number of unbranched alkanes of at least 4 members (excludes halogenated alkanes) is 2. The second-order valence-electron chi connectivity index (χ2n) is 21.9. The maximum atomic E-state index is 14.0. The molecule has 0 saturated heterocycles. The third-order valence-corrected chi connectivity index (χ3v) is 15.5. The standard InChI is InChI=1S/C34H46F2N6O.C9H18O.C9H20.C8H9F.C5H10.C2H4O/c1-9-15-42(20-27(32(35)36)21(4)10-2)26-12-13-28-30(19-26)41(8)34(38-28)39-33(43)25-17-22(5)37-29(18-25)31-23(6)40(7)16-14-24(31)11-3;1-4-6-7-9(10)8(3)5-2;1-4-7-8-9(5-2)6-3;1-6-3-7(2)5-8(9)4-6;1-2-4-5-3-1;1-2-3/h12-13,17-19,21,27,32H,9-11,14-16,20H2,1-8H3;8H,4-7H2,1-3H3;9H,4-8H2,1-3H3;3-5H,1-2H3;1-5H2;2H,1H3/p+1/t21-,27?;8-;;;;/m11..../s1. The highest BCUT2D eigenvalue weighted by atomic mass is 19.3. The molecular formula is C67H108F3N6O3+. The molecule has 9 nitrogen and oxygen atoms in total. The number of nitrogens with one attached hydrogen (secondary N) is 1. The summed E-state index contributed by atoms with van der Waals surface area (Å²) in [5, 5.41) is 3.00. The largest absolute Gasteiger partial charge is 0.371 e. The van der Waals surface area contributed by atoms with E-state index < -0.39 is 12.3 Å². The molecule has 2 aromatic heterocycles. The first-order valence-electron chi connectivity index (χ1n) is 30.4. The van der Waals surface area contributed by atoms with Gasteiger partial charge in [0.1, 0.15) is 31.5 Å². The van der Waals surface area contributed by atoms with E-state index in [1.165, 1.54) is 94.5 Å². The van der Waals surface area contributed by atoms with Gasteiger partial charge in [-0.1, -0.05) is 152 Å². The van der Waals surface area contributed by atoms with Gasteiger partial charge in [-0.15, -0.1) is 0 Å². The van der Waals surface area contributed by atoms with Gasteiger partial charge in [-0.25, -0.2) is 22.7 Å². The number of halogens is 3. The average Bonchev–Trinajstić information content (AvgIpc) is 4.13. The number of pyridine rings is 1. The van der Waals surface area contributed by atoms with Crippen LogP contribution in [0.15, 0.2) is 54.1 Å². The van der Waals surface area contributed by atoms with Gasteiger partial charge >= 0.3 is 0 Å². The Kier molecular flexibility index (Phi) is 36.5. The van der Waals surface area contributed by atoms with Gasteiger partial charge in [-0.2, -0.15) is 0 Å². The molecule has 3 heterocycles. The molecule has 12 heteroatoms. The number of fused-ring (bicyclic) bond motifs is 1. The summed E-state index contributed by atoms with van der Waals surface area (Å²) >= 11 is 0. The summed E-state index contributed by atoms with van der Waals surface area (Å²) in [6.45, 7) is 32.3. The van der Waals surface area contributed by atoms with Crippen molar-refractivity contribution < 1.29 is 32.1 Å². The molecule has 1 aliphatic carbocycles. The first-order chi connectivity index (χ1) is 37.6. The highest BCUT2D eigenvalue weighted by Crippen LogP contribution is 2.31. The number of aldehydes is 1. The van der Waals surface area contributed by atoms with Crippen molar-refractivity contribution in [1.29, 1.82) is 0 Å². The summed E-state index contributed by atoms with van der Waals surface area (Å²) in [7, 11) is 3.95. The Labute approximate surface area is 478 Å². The Morgan fingerprint density at radius 1 is 0.797 bits per heavy atom. The molecule has 1 aliphatic heterocycles. The van der Waals surface area contributed by atoms with Gasteiger partial charge in [0.15, 0.2) is 5.71 Å². The molecule has 79 heavy (non-hydrogen) atoms. The SMILES string of the molecule is C1CCCC1.CC=O.CCCCC(=O)[C@H](C)CC.CCCCC(CC)CC.CCCN(CC(C(F)F)[C@H](C)CC)c1ccc2nc(NC(=O)c3cc(C)nc(C4=C(CC)CC[N+](C)=C4C)c3)n(C)c2c1.Cc1cc(C)cc(F)c1. The molecule has 0 radical (unpaired) electrons. The Morgan fingerprint density at radius 2 is 1.39 bits per heavy atom. The number of alkyl halides is 2. The zero-order valence-electron chi connectivity index (χ0n) is 52.5. The number of carbonyl (C=O) groups excluding carboxylic acids is 3. The lowest BCUT2D eigenvalue weighted by atomic mass is 9.91. The predicted octanol–water partition coefficient (Wildman–Crippen LogP) is 18.3. The number of hydrogen-bond acceptors (Lipinski definition) is 6. The molecule has 2 aromatic carbocycles. The minimum atomic E-state index is -2.38. The third kappa shape index (κ3) is 25.9. The van der Waals surface area contributed by atoms with Crippen LogP contribution in [0.5, 0.6) is 0 Å². The topological polar surface area (TPSA) is 100 Å². The summed E-state index contributed by atoms with van der Waals surface area (Å²) in [6, 6.07) is 14.5. The number of hydrogen-bond donors (Lipinski definition) is 1.